The maximum absolute atomic E-state index is 12.2. The molecule has 4 aromatic heterocycles. The van der Waals surface area contributed by atoms with E-state index in [1.807, 2.05) is 59.6 Å². The predicted molar refractivity (Wildman–Crippen MR) is 93.5 cm³/mol. The summed E-state index contributed by atoms with van der Waals surface area (Å²) in [4.78, 5) is 17.5. The molecule has 120 valence electrons. The van der Waals surface area contributed by atoms with Gasteiger partial charge < -0.3 is 9.72 Å². The quantitative estimate of drug-likeness (QED) is 0.622. The van der Waals surface area contributed by atoms with Gasteiger partial charge in [-0.1, -0.05) is 6.07 Å². The minimum absolute atomic E-state index is 0.102. The molecule has 1 amide bonds. The fourth-order valence-corrected chi connectivity index (χ4v) is 3.36. The van der Waals surface area contributed by atoms with Gasteiger partial charge in [-0.3, -0.25) is 9.48 Å². The van der Waals surface area contributed by atoms with Crippen molar-refractivity contribution in [1.82, 2.24) is 19.2 Å². The number of imidazole rings is 1. The van der Waals surface area contributed by atoms with Crippen molar-refractivity contribution in [1.29, 1.82) is 0 Å². The zero-order chi connectivity index (χ0) is 16.5. The Kier molecular flexibility index (Phi) is 3.62. The molecule has 0 spiro atoms. The molecule has 0 aliphatic rings. The Morgan fingerprint density at radius 1 is 1.29 bits per heavy atom. The van der Waals surface area contributed by atoms with E-state index in [9.17, 15) is 4.79 Å². The number of thiophene rings is 1. The second kappa shape index (κ2) is 5.93. The topological polar surface area (TPSA) is 64.2 Å². The molecule has 0 atom stereocenters. The van der Waals surface area contributed by atoms with Crippen LogP contribution in [-0.4, -0.2) is 25.1 Å². The maximum Gasteiger partial charge on any atom is 0.266 e. The monoisotopic (exact) mass is 337 g/mol. The summed E-state index contributed by atoms with van der Waals surface area (Å²) in [5, 5.41) is 9.09. The summed E-state index contributed by atoms with van der Waals surface area (Å²) in [6, 6.07) is 7.82. The second-order valence-electron chi connectivity index (χ2n) is 5.51. The van der Waals surface area contributed by atoms with Gasteiger partial charge in [0.2, 0.25) is 0 Å². The van der Waals surface area contributed by atoms with Gasteiger partial charge in [0.1, 0.15) is 5.65 Å². The number of anilines is 1. The van der Waals surface area contributed by atoms with Gasteiger partial charge in [0, 0.05) is 18.6 Å². The smallest absolute Gasteiger partial charge is 0.266 e. The first-order chi connectivity index (χ1) is 11.7. The van der Waals surface area contributed by atoms with Gasteiger partial charge in [-0.2, -0.15) is 5.10 Å². The molecule has 24 heavy (non-hydrogen) atoms. The van der Waals surface area contributed by atoms with E-state index < -0.39 is 0 Å². The number of hydrogen-bond acceptors (Lipinski definition) is 4. The summed E-state index contributed by atoms with van der Waals surface area (Å²) in [7, 11) is 0. The number of pyridine rings is 1. The van der Waals surface area contributed by atoms with Crippen LogP contribution in [0.3, 0.4) is 0 Å². The van der Waals surface area contributed by atoms with Crippen LogP contribution in [0.2, 0.25) is 0 Å². The molecule has 4 aromatic rings. The third-order valence-corrected chi connectivity index (χ3v) is 4.71. The number of nitrogens with one attached hydrogen (secondary N) is 1. The molecule has 0 bridgehead atoms. The van der Waals surface area contributed by atoms with Crippen molar-refractivity contribution in [3.63, 3.8) is 0 Å². The van der Waals surface area contributed by atoms with Crippen molar-refractivity contribution in [3.05, 3.63) is 70.6 Å². The SMILES string of the molecule is Cc1ccsc1C(=O)Nc1cnn(Cc2cn3ccccc3n2)c1. The fourth-order valence-electron chi connectivity index (χ4n) is 2.54. The highest BCUT2D eigenvalue weighted by atomic mass is 32.1. The number of carbonyl (C=O) groups excluding carboxylic acids is 1. The highest BCUT2D eigenvalue weighted by Crippen LogP contribution is 2.18. The van der Waals surface area contributed by atoms with Crippen LogP contribution in [0.5, 0.6) is 0 Å². The molecule has 7 heteroatoms. The standard InChI is InChI=1S/C17H15N5OS/c1-12-5-7-24-16(12)17(23)20-13-8-18-22(10-13)11-14-9-21-6-3-2-4-15(21)19-14/h2-10H,11H2,1H3,(H,20,23). The molecular formula is C17H15N5OS. The third kappa shape index (κ3) is 2.81. The molecule has 0 saturated heterocycles. The zero-order valence-electron chi connectivity index (χ0n) is 13.0. The molecule has 0 saturated carbocycles. The van der Waals surface area contributed by atoms with Gasteiger partial charge in [-0.05, 0) is 36.1 Å². The van der Waals surface area contributed by atoms with Crippen molar-refractivity contribution in [2.45, 2.75) is 13.5 Å². The Morgan fingerprint density at radius 2 is 2.21 bits per heavy atom. The molecule has 0 unspecified atom stereocenters. The maximum atomic E-state index is 12.2. The van der Waals surface area contributed by atoms with Gasteiger partial charge in [-0.25, -0.2) is 4.98 Å². The Hall–Kier alpha value is -2.93. The molecule has 0 aliphatic carbocycles. The molecule has 6 nitrogen and oxygen atoms in total. The number of aromatic nitrogens is 4. The Bertz CT molecular complexity index is 980. The first kappa shape index (κ1) is 14.6. The first-order valence-corrected chi connectivity index (χ1v) is 8.37. The summed E-state index contributed by atoms with van der Waals surface area (Å²) in [5.74, 6) is -0.102. The van der Waals surface area contributed by atoms with E-state index in [1.165, 1.54) is 11.3 Å². The van der Waals surface area contributed by atoms with E-state index in [2.05, 4.69) is 15.4 Å². The van der Waals surface area contributed by atoms with E-state index in [-0.39, 0.29) is 5.91 Å². The van der Waals surface area contributed by atoms with Gasteiger partial charge in [0.15, 0.2) is 0 Å². The van der Waals surface area contributed by atoms with Crippen LogP contribution in [0, 0.1) is 6.92 Å². The Labute approximate surface area is 142 Å². The van der Waals surface area contributed by atoms with Crippen LogP contribution in [0.25, 0.3) is 5.65 Å². The van der Waals surface area contributed by atoms with Gasteiger partial charge in [0.25, 0.3) is 5.91 Å². The number of amides is 1. The zero-order valence-corrected chi connectivity index (χ0v) is 13.8. The molecule has 0 aromatic carbocycles. The van der Waals surface area contributed by atoms with Crippen molar-refractivity contribution in [2.75, 3.05) is 5.32 Å². The Balaban J connectivity index is 1.48. The average molecular weight is 337 g/mol. The van der Waals surface area contributed by atoms with E-state index in [4.69, 9.17) is 0 Å². The molecule has 0 radical (unpaired) electrons. The number of carbonyl (C=O) groups is 1. The molecular weight excluding hydrogens is 322 g/mol. The van der Waals surface area contributed by atoms with Crippen molar-refractivity contribution < 1.29 is 4.79 Å². The summed E-state index contributed by atoms with van der Waals surface area (Å²) in [6.07, 6.45) is 7.40. The highest BCUT2D eigenvalue weighted by molar-refractivity contribution is 7.12. The largest absolute Gasteiger partial charge is 0.319 e. The van der Waals surface area contributed by atoms with Crippen LogP contribution >= 0.6 is 11.3 Å². The Morgan fingerprint density at radius 3 is 3.00 bits per heavy atom. The summed E-state index contributed by atoms with van der Waals surface area (Å²) >= 11 is 1.44. The summed E-state index contributed by atoms with van der Waals surface area (Å²) in [6.45, 7) is 2.48. The number of rotatable bonds is 4. The van der Waals surface area contributed by atoms with Crippen LogP contribution in [0.15, 0.2) is 54.4 Å². The lowest BCUT2D eigenvalue weighted by Gasteiger charge is -2.01. The van der Waals surface area contributed by atoms with E-state index in [0.717, 1.165) is 21.8 Å². The molecule has 0 aliphatic heterocycles. The van der Waals surface area contributed by atoms with Crippen molar-refractivity contribution in [2.24, 2.45) is 0 Å². The van der Waals surface area contributed by atoms with Crippen LogP contribution in [0.1, 0.15) is 20.9 Å². The molecule has 1 N–H and O–H groups in total. The van der Waals surface area contributed by atoms with E-state index in [0.29, 0.717) is 12.2 Å². The van der Waals surface area contributed by atoms with E-state index in [1.54, 1.807) is 10.9 Å². The lowest BCUT2D eigenvalue weighted by atomic mass is 10.3. The summed E-state index contributed by atoms with van der Waals surface area (Å²) in [5.41, 5.74) is 3.48. The molecule has 0 fully saturated rings. The first-order valence-electron chi connectivity index (χ1n) is 7.49. The van der Waals surface area contributed by atoms with Crippen LogP contribution < -0.4 is 5.32 Å². The summed E-state index contributed by atoms with van der Waals surface area (Å²) < 4.78 is 3.74. The lowest BCUT2D eigenvalue weighted by molar-refractivity contribution is 0.103. The lowest BCUT2D eigenvalue weighted by Crippen LogP contribution is -2.10. The molecule has 4 rings (SSSR count). The van der Waals surface area contributed by atoms with Crippen LogP contribution in [-0.2, 0) is 6.54 Å². The number of hydrogen-bond donors (Lipinski definition) is 1. The third-order valence-electron chi connectivity index (χ3n) is 3.70. The van der Waals surface area contributed by atoms with Gasteiger partial charge >= 0.3 is 0 Å². The average Bonchev–Trinajstić information content (AvgIpc) is 3.27. The van der Waals surface area contributed by atoms with Gasteiger partial charge in [0.05, 0.1) is 29.0 Å². The van der Waals surface area contributed by atoms with Crippen molar-refractivity contribution in [3.8, 4) is 0 Å². The highest BCUT2D eigenvalue weighted by Gasteiger charge is 2.12. The van der Waals surface area contributed by atoms with Gasteiger partial charge in [-0.15, -0.1) is 11.3 Å². The molecule has 4 heterocycles. The fraction of sp³-hybridized carbons (Fsp3) is 0.118. The van der Waals surface area contributed by atoms with Crippen LogP contribution in [0.4, 0.5) is 5.69 Å². The number of nitrogens with zero attached hydrogens (tertiary/aromatic N) is 4. The normalized spacial score (nSPS) is 11.0. The predicted octanol–water partition coefficient (Wildman–Crippen LogP) is 3.20. The number of fused-ring (bicyclic) bond motifs is 1. The second-order valence-corrected chi connectivity index (χ2v) is 6.43. The van der Waals surface area contributed by atoms with E-state index >= 15 is 0 Å². The minimum Gasteiger partial charge on any atom is -0.319 e. The minimum atomic E-state index is -0.102. The van der Waals surface area contributed by atoms with Crippen molar-refractivity contribution >= 4 is 28.6 Å². The number of aryl methyl sites for hydroxylation is 1.